The Morgan fingerprint density at radius 2 is 2.22 bits per heavy atom. The van der Waals surface area contributed by atoms with E-state index in [0.29, 0.717) is 17.7 Å². The van der Waals surface area contributed by atoms with Crippen molar-refractivity contribution in [1.29, 1.82) is 0 Å². The lowest BCUT2D eigenvalue weighted by Gasteiger charge is -2.14. The molecule has 0 bridgehead atoms. The Morgan fingerprint density at radius 3 is 3.00 bits per heavy atom. The number of fused-ring (bicyclic) bond motifs is 1. The van der Waals surface area contributed by atoms with Crippen molar-refractivity contribution >= 4 is 17.7 Å². The molecule has 3 nitrogen and oxygen atoms in total. The van der Waals surface area contributed by atoms with Gasteiger partial charge in [0.15, 0.2) is 0 Å². The van der Waals surface area contributed by atoms with Gasteiger partial charge in [-0.25, -0.2) is 0 Å². The van der Waals surface area contributed by atoms with Gasteiger partial charge >= 0.3 is 0 Å². The number of hydrogen-bond donors (Lipinski definition) is 2. The monoisotopic (exact) mass is 262 g/mol. The molecule has 2 aliphatic heterocycles. The van der Waals surface area contributed by atoms with Gasteiger partial charge in [-0.05, 0) is 24.5 Å². The summed E-state index contributed by atoms with van der Waals surface area (Å²) in [5.41, 5.74) is 1.48. The summed E-state index contributed by atoms with van der Waals surface area (Å²) < 4.78 is 0. The van der Waals surface area contributed by atoms with Crippen LogP contribution in [0.1, 0.15) is 18.4 Å². The molecule has 2 unspecified atom stereocenters. The van der Waals surface area contributed by atoms with Crippen LogP contribution in [0.25, 0.3) is 0 Å². The maximum absolute atomic E-state index is 11.1. The average Bonchev–Trinajstić information content (AvgIpc) is 2.95. The Labute approximate surface area is 112 Å². The topological polar surface area (TPSA) is 41.1 Å². The zero-order chi connectivity index (χ0) is 12.4. The Hall–Kier alpha value is -1.00. The molecule has 1 aromatic carbocycles. The number of nitrogens with one attached hydrogen (secondary N) is 2. The minimum absolute atomic E-state index is 0.199. The van der Waals surface area contributed by atoms with Gasteiger partial charge in [0.2, 0.25) is 5.91 Å². The van der Waals surface area contributed by atoms with Gasteiger partial charge in [-0.2, -0.15) is 0 Å². The Balaban J connectivity index is 1.42. The molecule has 1 amide bonds. The van der Waals surface area contributed by atoms with Crippen molar-refractivity contribution in [3.63, 3.8) is 0 Å². The Kier molecular flexibility index (Phi) is 3.57. The van der Waals surface area contributed by atoms with E-state index >= 15 is 0 Å². The standard InChI is InChI=1S/C14H18N2OS/c17-14-6-5-11(16-14)8-15-9-12-7-10-3-1-2-4-13(10)18-12/h1-4,11-12,15H,5-9H2,(H,16,17). The van der Waals surface area contributed by atoms with Crippen LogP contribution in [0.4, 0.5) is 0 Å². The fraction of sp³-hybridized carbons (Fsp3) is 0.500. The second kappa shape index (κ2) is 5.33. The summed E-state index contributed by atoms with van der Waals surface area (Å²) in [6, 6.07) is 8.99. The largest absolute Gasteiger partial charge is 0.352 e. The van der Waals surface area contributed by atoms with Crippen molar-refractivity contribution < 1.29 is 4.79 Å². The zero-order valence-electron chi connectivity index (χ0n) is 10.3. The van der Waals surface area contributed by atoms with Gasteiger partial charge in [-0.15, -0.1) is 11.8 Å². The molecule has 3 rings (SSSR count). The molecule has 0 aromatic heterocycles. The number of hydrogen-bond acceptors (Lipinski definition) is 3. The molecule has 1 saturated heterocycles. The minimum atomic E-state index is 0.199. The third kappa shape index (κ3) is 2.70. The van der Waals surface area contributed by atoms with Gasteiger partial charge < -0.3 is 10.6 Å². The van der Waals surface area contributed by atoms with E-state index in [0.717, 1.165) is 25.9 Å². The maximum atomic E-state index is 11.1. The number of carbonyl (C=O) groups excluding carboxylic acids is 1. The summed E-state index contributed by atoms with van der Waals surface area (Å²) in [5.74, 6) is 0.199. The van der Waals surface area contributed by atoms with Crippen molar-refractivity contribution in [1.82, 2.24) is 10.6 Å². The van der Waals surface area contributed by atoms with Gasteiger partial charge in [-0.3, -0.25) is 4.79 Å². The molecule has 18 heavy (non-hydrogen) atoms. The van der Waals surface area contributed by atoms with E-state index in [1.807, 2.05) is 11.8 Å². The van der Waals surface area contributed by atoms with Crippen LogP contribution in [0.15, 0.2) is 29.2 Å². The van der Waals surface area contributed by atoms with E-state index in [-0.39, 0.29) is 5.91 Å². The quantitative estimate of drug-likeness (QED) is 0.865. The molecule has 0 spiro atoms. The fourth-order valence-electron chi connectivity index (χ4n) is 2.62. The normalized spacial score (nSPS) is 26.1. The first-order valence-corrected chi connectivity index (χ1v) is 7.44. The second-order valence-electron chi connectivity index (χ2n) is 5.01. The molecule has 2 heterocycles. The summed E-state index contributed by atoms with van der Waals surface area (Å²) in [5, 5.41) is 7.12. The van der Waals surface area contributed by atoms with E-state index in [2.05, 4.69) is 34.9 Å². The molecule has 0 aliphatic carbocycles. The maximum Gasteiger partial charge on any atom is 0.220 e. The summed E-state index contributed by atoms with van der Waals surface area (Å²) in [7, 11) is 0. The predicted molar refractivity (Wildman–Crippen MR) is 73.8 cm³/mol. The number of amides is 1. The number of carbonyl (C=O) groups is 1. The molecule has 1 fully saturated rings. The predicted octanol–water partition coefficient (Wildman–Crippen LogP) is 1.57. The van der Waals surface area contributed by atoms with E-state index in [1.165, 1.54) is 10.5 Å². The highest BCUT2D eigenvalue weighted by Gasteiger charge is 2.23. The molecule has 1 aromatic rings. The van der Waals surface area contributed by atoms with E-state index in [4.69, 9.17) is 0 Å². The van der Waals surface area contributed by atoms with Gasteiger partial charge in [0.25, 0.3) is 0 Å². The van der Waals surface area contributed by atoms with Gasteiger partial charge in [-0.1, -0.05) is 18.2 Å². The van der Waals surface area contributed by atoms with Crippen LogP contribution in [-0.4, -0.2) is 30.3 Å². The van der Waals surface area contributed by atoms with Crippen LogP contribution in [0, 0.1) is 0 Å². The minimum Gasteiger partial charge on any atom is -0.352 e. The number of thioether (sulfide) groups is 1. The van der Waals surface area contributed by atoms with E-state index in [9.17, 15) is 4.79 Å². The molecule has 96 valence electrons. The zero-order valence-corrected chi connectivity index (χ0v) is 11.1. The van der Waals surface area contributed by atoms with Gasteiger partial charge in [0.05, 0.1) is 0 Å². The van der Waals surface area contributed by atoms with Crippen molar-refractivity contribution in [3.05, 3.63) is 29.8 Å². The van der Waals surface area contributed by atoms with Crippen LogP contribution in [-0.2, 0) is 11.2 Å². The lowest BCUT2D eigenvalue weighted by molar-refractivity contribution is -0.119. The van der Waals surface area contributed by atoms with E-state index < -0.39 is 0 Å². The van der Waals surface area contributed by atoms with Crippen molar-refractivity contribution in [3.8, 4) is 0 Å². The molecule has 0 saturated carbocycles. The first kappa shape index (κ1) is 12.1. The summed E-state index contributed by atoms with van der Waals surface area (Å²) in [6.45, 7) is 1.92. The average molecular weight is 262 g/mol. The van der Waals surface area contributed by atoms with Crippen LogP contribution in [0.3, 0.4) is 0 Å². The highest BCUT2D eigenvalue weighted by atomic mass is 32.2. The summed E-state index contributed by atoms with van der Waals surface area (Å²) in [4.78, 5) is 12.5. The second-order valence-corrected chi connectivity index (χ2v) is 6.36. The Bertz CT molecular complexity index is 424. The van der Waals surface area contributed by atoms with Crippen LogP contribution in [0.5, 0.6) is 0 Å². The lowest BCUT2D eigenvalue weighted by Crippen LogP contribution is -2.38. The lowest BCUT2D eigenvalue weighted by atomic mass is 10.1. The van der Waals surface area contributed by atoms with Crippen LogP contribution in [0.2, 0.25) is 0 Å². The molecule has 2 atom stereocenters. The van der Waals surface area contributed by atoms with Gasteiger partial charge in [0.1, 0.15) is 0 Å². The molecule has 0 radical (unpaired) electrons. The molecule has 2 aliphatic rings. The molecular formula is C14H18N2OS. The fourth-order valence-corrected chi connectivity index (χ4v) is 3.90. The third-order valence-electron chi connectivity index (χ3n) is 3.56. The smallest absolute Gasteiger partial charge is 0.220 e. The molecular weight excluding hydrogens is 244 g/mol. The summed E-state index contributed by atoms with van der Waals surface area (Å²) in [6.07, 6.45) is 2.82. The van der Waals surface area contributed by atoms with Gasteiger partial charge in [0, 0.05) is 35.7 Å². The molecule has 4 heteroatoms. The number of rotatable bonds is 4. The highest BCUT2D eigenvalue weighted by molar-refractivity contribution is 8.00. The van der Waals surface area contributed by atoms with Crippen LogP contribution >= 0.6 is 11.8 Å². The third-order valence-corrected chi connectivity index (χ3v) is 4.88. The molecule has 2 N–H and O–H groups in total. The van der Waals surface area contributed by atoms with Crippen LogP contribution < -0.4 is 10.6 Å². The summed E-state index contributed by atoms with van der Waals surface area (Å²) >= 11 is 1.97. The van der Waals surface area contributed by atoms with Crippen molar-refractivity contribution in [2.24, 2.45) is 0 Å². The SMILES string of the molecule is O=C1CCC(CNCC2Cc3ccccc3S2)N1. The van der Waals surface area contributed by atoms with E-state index in [1.54, 1.807) is 0 Å². The van der Waals surface area contributed by atoms with Crippen molar-refractivity contribution in [2.75, 3.05) is 13.1 Å². The first-order valence-electron chi connectivity index (χ1n) is 6.56. The Morgan fingerprint density at radius 1 is 1.33 bits per heavy atom. The first-order chi connectivity index (χ1) is 8.81. The number of benzene rings is 1. The van der Waals surface area contributed by atoms with Crippen molar-refractivity contribution in [2.45, 2.75) is 35.4 Å². The highest BCUT2D eigenvalue weighted by Crippen LogP contribution is 2.36.